The molecule has 0 saturated carbocycles. The minimum atomic E-state index is -1.08. The predicted octanol–water partition coefficient (Wildman–Crippen LogP) is 0.358. The van der Waals surface area contributed by atoms with Crippen molar-refractivity contribution >= 4 is 11.9 Å². The molecule has 6 heteroatoms. The van der Waals surface area contributed by atoms with Gasteiger partial charge in [-0.05, 0) is 12.0 Å². The highest BCUT2D eigenvalue weighted by molar-refractivity contribution is 5.94. The quantitative estimate of drug-likeness (QED) is 0.774. The number of rotatable bonds is 4. The predicted molar refractivity (Wildman–Crippen MR) is 57.3 cm³/mol. The molecule has 0 aliphatic heterocycles. The van der Waals surface area contributed by atoms with Crippen molar-refractivity contribution in [1.29, 1.82) is 0 Å². The van der Waals surface area contributed by atoms with E-state index in [4.69, 9.17) is 5.11 Å². The van der Waals surface area contributed by atoms with Crippen LogP contribution in [0.25, 0.3) is 0 Å². The van der Waals surface area contributed by atoms with E-state index in [0.717, 1.165) is 5.69 Å². The van der Waals surface area contributed by atoms with Gasteiger partial charge in [-0.2, -0.15) is 5.10 Å². The van der Waals surface area contributed by atoms with Gasteiger partial charge in [0, 0.05) is 12.7 Å². The number of nitrogens with zero attached hydrogens (tertiary/aromatic N) is 2. The highest BCUT2D eigenvalue weighted by atomic mass is 16.4. The Kier molecular flexibility index (Phi) is 3.65. The average molecular weight is 225 g/mol. The lowest BCUT2D eigenvalue weighted by atomic mass is 10.1. The molecule has 0 bridgehead atoms. The van der Waals surface area contributed by atoms with E-state index >= 15 is 0 Å². The van der Waals surface area contributed by atoms with E-state index in [1.165, 1.54) is 0 Å². The van der Waals surface area contributed by atoms with Crippen LogP contribution in [-0.4, -0.2) is 33.3 Å². The molecule has 0 radical (unpaired) electrons. The molecule has 0 fully saturated rings. The number of aromatic nitrogens is 2. The van der Waals surface area contributed by atoms with E-state index in [1.54, 1.807) is 17.8 Å². The molecule has 0 aliphatic rings. The monoisotopic (exact) mass is 225 g/mol. The van der Waals surface area contributed by atoms with Crippen LogP contribution in [0.5, 0.6) is 0 Å². The first-order chi connectivity index (χ1) is 7.41. The zero-order valence-corrected chi connectivity index (χ0v) is 9.52. The molecule has 1 aromatic rings. The van der Waals surface area contributed by atoms with E-state index in [1.807, 2.05) is 13.8 Å². The van der Waals surface area contributed by atoms with Gasteiger partial charge < -0.3 is 10.4 Å². The fraction of sp³-hybridized carbons (Fsp3) is 0.500. The van der Waals surface area contributed by atoms with Crippen molar-refractivity contribution < 1.29 is 14.7 Å². The van der Waals surface area contributed by atoms with Crippen LogP contribution in [0.1, 0.15) is 35.9 Å². The van der Waals surface area contributed by atoms with Gasteiger partial charge in [-0.25, -0.2) is 0 Å². The summed E-state index contributed by atoms with van der Waals surface area (Å²) in [7, 11) is 1.75. The second-order valence-corrected chi connectivity index (χ2v) is 3.81. The number of carboxylic acid groups (broad SMARTS) is 1. The summed E-state index contributed by atoms with van der Waals surface area (Å²) in [4.78, 5) is 21.8. The van der Waals surface area contributed by atoms with E-state index in [-0.39, 0.29) is 11.6 Å². The van der Waals surface area contributed by atoms with Gasteiger partial charge >= 0.3 is 5.97 Å². The number of hydrogen-bond donors (Lipinski definition) is 2. The molecule has 1 rings (SSSR count). The van der Waals surface area contributed by atoms with Crippen molar-refractivity contribution in [1.82, 2.24) is 15.1 Å². The van der Waals surface area contributed by atoms with Crippen LogP contribution in [0.3, 0.4) is 0 Å². The Bertz CT molecular complexity index is 409. The normalized spacial score (nSPS) is 10.5. The van der Waals surface area contributed by atoms with Gasteiger partial charge in [-0.1, -0.05) is 13.8 Å². The molecule has 0 aromatic carbocycles. The number of carbonyl (C=O) groups excluding carboxylic acids is 1. The molecule has 0 unspecified atom stereocenters. The molecular formula is C10H15N3O3. The SMILES string of the molecule is CC(C)c1cc(C(=O)NCC(=O)O)nn1C. The fourth-order valence-electron chi connectivity index (χ4n) is 1.38. The third-order valence-electron chi connectivity index (χ3n) is 2.14. The largest absolute Gasteiger partial charge is 0.480 e. The first-order valence-corrected chi connectivity index (χ1v) is 4.95. The number of nitrogens with one attached hydrogen (secondary N) is 1. The molecule has 1 amide bonds. The molecular weight excluding hydrogens is 210 g/mol. The summed E-state index contributed by atoms with van der Waals surface area (Å²) in [6.07, 6.45) is 0. The number of carboxylic acids is 1. The van der Waals surface area contributed by atoms with Gasteiger partial charge in [0.25, 0.3) is 5.91 Å². The highest BCUT2D eigenvalue weighted by Crippen LogP contribution is 2.14. The average Bonchev–Trinajstić information content (AvgIpc) is 2.56. The lowest BCUT2D eigenvalue weighted by Crippen LogP contribution is -2.29. The smallest absolute Gasteiger partial charge is 0.322 e. The van der Waals surface area contributed by atoms with Crippen LogP contribution in [0, 0.1) is 0 Å². The van der Waals surface area contributed by atoms with Crippen LogP contribution >= 0.6 is 0 Å². The molecule has 0 saturated heterocycles. The summed E-state index contributed by atoms with van der Waals surface area (Å²) in [5.74, 6) is -1.28. The van der Waals surface area contributed by atoms with Crippen LogP contribution in [-0.2, 0) is 11.8 Å². The zero-order valence-electron chi connectivity index (χ0n) is 9.52. The third-order valence-corrected chi connectivity index (χ3v) is 2.14. The van der Waals surface area contributed by atoms with Crippen molar-refractivity contribution in [2.24, 2.45) is 7.05 Å². The van der Waals surface area contributed by atoms with Gasteiger partial charge in [-0.15, -0.1) is 0 Å². The Hall–Kier alpha value is -1.85. The highest BCUT2D eigenvalue weighted by Gasteiger charge is 2.14. The maximum Gasteiger partial charge on any atom is 0.322 e. The summed E-state index contributed by atoms with van der Waals surface area (Å²) >= 11 is 0. The van der Waals surface area contributed by atoms with Crippen molar-refractivity contribution in [2.75, 3.05) is 6.54 Å². The molecule has 0 atom stereocenters. The Morgan fingerprint density at radius 3 is 2.62 bits per heavy atom. The Balaban J connectivity index is 2.77. The summed E-state index contributed by atoms with van der Waals surface area (Å²) in [5.41, 5.74) is 1.17. The van der Waals surface area contributed by atoms with Crippen molar-refractivity contribution in [3.05, 3.63) is 17.5 Å². The van der Waals surface area contributed by atoms with Crippen LogP contribution in [0.2, 0.25) is 0 Å². The van der Waals surface area contributed by atoms with Gasteiger partial charge in [-0.3, -0.25) is 14.3 Å². The van der Waals surface area contributed by atoms with Crippen LogP contribution < -0.4 is 5.32 Å². The molecule has 0 aliphatic carbocycles. The minimum Gasteiger partial charge on any atom is -0.480 e. The van der Waals surface area contributed by atoms with E-state index in [0.29, 0.717) is 0 Å². The number of aliphatic carboxylic acids is 1. The van der Waals surface area contributed by atoms with E-state index < -0.39 is 18.4 Å². The maximum absolute atomic E-state index is 11.5. The maximum atomic E-state index is 11.5. The number of hydrogen-bond acceptors (Lipinski definition) is 3. The standard InChI is InChI=1S/C10H15N3O3/c1-6(2)8-4-7(12-13(8)3)10(16)11-5-9(14)15/h4,6H,5H2,1-3H3,(H,11,16)(H,14,15). The summed E-state index contributed by atoms with van der Waals surface area (Å²) in [6.45, 7) is 3.60. The topological polar surface area (TPSA) is 84.2 Å². The van der Waals surface area contributed by atoms with E-state index in [9.17, 15) is 9.59 Å². The molecule has 6 nitrogen and oxygen atoms in total. The summed E-state index contributed by atoms with van der Waals surface area (Å²) in [5, 5.41) is 14.7. The lowest BCUT2D eigenvalue weighted by Gasteiger charge is -2.02. The molecule has 1 heterocycles. The number of amides is 1. The second kappa shape index (κ2) is 4.78. The summed E-state index contributed by atoms with van der Waals surface area (Å²) < 4.78 is 1.63. The molecule has 2 N–H and O–H groups in total. The molecule has 16 heavy (non-hydrogen) atoms. The molecule has 0 spiro atoms. The van der Waals surface area contributed by atoms with Gasteiger partial charge in [0.2, 0.25) is 0 Å². The second-order valence-electron chi connectivity index (χ2n) is 3.81. The minimum absolute atomic E-state index is 0.243. The fourth-order valence-corrected chi connectivity index (χ4v) is 1.38. The molecule has 1 aromatic heterocycles. The Morgan fingerprint density at radius 2 is 2.19 bits per heavy atom. The van der Waals surface area contributed by atoms with Gasteiger partial charge in [0.05, 0.1) is 0 Å². The Morgan fingerprint density at radius 1 is 1.56 bits per heavy atom. The van der Waals surface area contributed by atoms with Crippen molar-refractivity contribution in [3.8, 4) is 0 Å². The third kappa shape index (κ3) is 2.82. The van der Waals surface area contributed by atoms with Crippen molar-refractivity contribution in [3.63, 3.8) is 0 Å². The first-order valence-electron chi connectivity index (χ1n) is 4.95. The van der Waals surface area contributed by atoms with E-state index in [2.05, 4.69) is 10.4 Å². The number of carbonyl (C=O) groups is 2. The van der Waals surface area contributed by atoms with Crippen LogP contribution in [0.15, 0.2) is 6.07 Å². The van der Waals surface area contributed by atoms with Gasteiger partial charge in [0.15, 0.2) is 0 Å². The molecule has 88 valence electrons. The lowest BCUT2D eigenvalue weighted by molar-refractivity contribution is -0.135. The number of aryl methyl sites for hydroxylation is 1. The van der Waals surface area contributed by atoms with Crippen LogP contribution in [0.4, 0.5) is 0 Å². The van der Waals surface area contributed by atoms with Gasteiger partial charge in [0.1, 0.15) is 12.2 Å². The van der Waals surface area contributed by atoms with Crippen molar-refractivity contribution in [2.45, 2.75) is 19.8 Å². The Labute approximate surface area is 93.3 Å². The first kappa shape index (κ1) is 12.2. The summed E-state index contributed by atoms with van der Waals surface area (Å²) in [6, 6.07) is 1.67. The zero-order chi connectivity index (χ0) is 12.3.